The first kappa shape index (κ1) is 38.1. The number of aliphatic carboxylic acids is 1. The van der Waals surface area contributed by atoms with E-state index in [4.69, 9.17) is 14.2 Å². The number of alkyl carbamates (subject to hydrolysis) is 2. The van der Waals surface area contributed by atoms with Crippen LogP contribution in [0.3, 0.4) is 0 Å². The van der Waals surface area contributed by atoms with Crippen LogP contribution < -0.4 is 20.1 Å². The minimum Gasteiger partial charge on any atom is -0.487 e. The van der Waals surface area contributed by atoms with Crippen molar-refractivity contribution in [3.63, 3.8) is 0 Å². The van der Waals surface area contributed by atoms with Crippen molar-refractivity contribution >= 4 is 34.1 Å². The van der Waals surface area contributed by atoms with Crippen molar-refractivity contribution in [1.82, 2.24) is 15.4 Å². The van der Waals surface area contributed by atoms with Gasteiger partial charge in [-0.2, -0.15) is 0 Å². The van der Waals surface area contributed by atoms with Gasteiger partial charge in [0.1, 0.15) is 29.6 Å². The van der Waals surface area contributed by atoms with Crippen molar-refractivity contribution in [2.75, 3.05) is 13.2 Å². The molecule has 5 rings (SSSR count). The Morgan fingerprint density at radius 2 is 1.56 bits per heavy atom. The molecule has 3 aromatic rings. The summed E-state index contributed by atoms with van der Waals surface area (Å²) in [5, 5.41) is 14.6. The standard InChI is InChI=1S/C38H46N4O9S/c1-21-22(2)32(23(3)28-19-38(7,8)50-31(21)28)52(47,48)42-34(41-36(46)51-37(4,5)6)39-18-17-30(33(43)44)40-35(45)49-20-29-26-15-11-9-13-24(26)25-14-10-12-16-27(25)29/h9-16,29-30H,17-20H2,1-8H3,(H,40,45)(H,43,44)(H2,39,41,42,46)/t30-/m1/s1. The first-order chi connectivity index (χ1) is 24.3. The Hall–Kier alpha value is -5.11. The van der Waals surface area contributed by atoms with E-state index in [1.165, 1.54) is 0 Å². The molecule has 1 aliphatic heterocycles. The molecule has 0 saturated carbocycles. The lowest BCUT2D eigenvalue weighted by molar-refractivity contribution is -0.139. The molecule has 0 fully saturated rings. The maximum atomic E-state index is 14.0. The summed E-state index contributed by atoms with van der Waals surface area (Å²) < 4.78 is 47.2. The molecule has 0 unspecified atom stereocenters. The second-order valence-electron chi connectivity index (χ2n) is 14.7. The van der Waals surface area contributed by atoms with Crippen LogP contribution in [0, 0.1) is 20.8 Å². The molecule has 2 aliphatic rings. The lowest BCUT2D eigenvalue weighted by atomic mass is 9.94. The van der Waals surface area contributed by atoms with Gasteiger partial charge in [-0.1, -0.05) is 48.5 Å². The maximum Gasteiger partial charge on any atom is 0.414 e. The van der Waals surface area contributed by atoms with Crippen molar-refractivity contribution < 1.29 is 42.1 Å². The van der Waals surface area contributed by atoms with E-state index in [2.05, 4.69) is 20.3 Å². The fourth-order valence-electron chi connectivity index (χ4n) is 6.67. The number of aliphatic imine (C=N–C) groups is 1. The van der Waals surface area contributed by atoms with Crippen LogP contribution in [0.15, 0.2) is 58.4 Å². The summed E-state index contributed by atoms with van der Waals surface area (Å²) in [5.74, 6) is -1.39. The van der Waals surface area contributed by atoms with Gasteiger partial charge in [-0.05, 0) is 101 Å². The van der Waals surface area contributed by atoms with E-state index in [0.717, 1.165) is 27.8 Å². The van der Waals surface area contributed by atoms with E-state index < -0.39 is 51.4 Å². The molecule has 14 heteroatoms. The van der Waals surface area contributed by atoms with Gasteiger partial charge < -0.3 is 24.6 Å². The number of carboxylic acid groups (broad SMARTS) is 1. The van der Waals surface area contributed by atoms with Crippen LogP contribution in [-0.4, -0.2) is 68.0 Å². The predicted octanol–water partition coefficient (Wildman–Crippen LogP) is 5.87. The number of sulfonamides is 1. The maximum absolute atomic E-state index is 14.0. The van der Waals surface area contributed by atoms with E-state index in [1.54, 1.807) is 41.5 Å². The molecule has 0 radical (unpaired) electrons. The number of hydrogen-bond acceptors (Lipinski definition) is 9. The molecule has 0 saturated heterocycles. The summed E-state index contributed by atoms with van der Waals surface area (Å²) >= 11 is 0. The molecule has 0 bridgehead atoms. The van der Waals surface area contributed by atoms with Crippen LogP contribution in [0.25, 0.3) is 11.1 Å². The summed E-state index contributed by atoms with van der Waals surface area (Å²) in [6.45, 7) is 13.6. The van der Waals surface area contributed by atoms with Gasteiger partial charge in [0.2, 0.25) is 5.96 Å². The summed E-state index contributed by atoms with van der Waals surface area (Å²) in [4.78, 5) is 42.0. The van der Waals surface area contributed by atoms with Crippen molar-refractivity contribution in [3.05, 3.63) is 81.9 Å². The molecule has 2 amide bonds. The highest BCUT2D eigenvalue weighted by molar-refractivity contribution is 7.90. The third-order valence-corrected chi connectivity index (χ3v) is 10.6. The van der Waals surface area contributed by atoms with Gasteiger partial charge in [0.15, 0.2) is 0 Å². The quantitative estimate of drug-likeness (QED) is 0.155. The Morgan fingerprint density at radius 3 is 2.13 bits per heavy atom. The van der Waals surface area contributed by atoms with Crippen LogP contribution in [0.1, 0.15) is 80.3 Å². The SMILES string of the molecule is Cc1c(C)c(S(=O)(=O)NC(=NCC[C@@H](NC(=O)OCC2c3ccccc3-c3ccccc32)C(=O)O)NC(=O)OC(C)(C)C)c(C)c2c1OC(C)(C)C2. The molecule has 13 nitrogen and oxygen atoms in total. The molecule has 3 aromatic carbocycles. The van der Waals surface area contributed by atoms with E-state index >= 15 is 0 Å². The topological polar surface area (TPSA) is 182 Å². The lowest BCUT2D eigenvalue weighted by Gasteiger charge is -2.22. The van der Waals surface area contributed by atoms with Crippen LogP contribution in [0.5, 0.6) is 5.75 Å². The number of hydrogen-bond donors (Lipinski definition) is 4. The summed E-state index contributed by atoms with van der Waals surface area (Å²) in [6, 6.07) is 14.2. The number of nitrogens with zero attached hydrogens (tertiary/aromatic N) is 1. The number of guanidine groups is 1. The minimum atomic E-state index is -4.35. The molecule has 278 valence electrons. The Kier molecular flexibility index (Phi) is 10.6. The predicted molar refractivity (Wildman–Crippen MR) is 195 cm³/mol. The average Bonchev–Trinajstić information content (AvgIpc) is 3.55. The van der Waals surface area contributed by atoms with E-state index in [1.807, 2.05) is 62.4 Å². The molecule has 1 atom stereocenters. The number of carbonyl (C=O) groups is 3. The second kappa shape index (κ2) is 14.5. The van der Waals surface area contributed by atoms with Crippen molar-refractivity contribution in [2.24, 2.45) is 4.99 Å². The number of carboxylic acids is 1. The fourth-order valence-corrected chi connectivity index (χ4v) is 8.22. The zero-order valence-electron chi connectivity index (χ0n) is 30.7. The van der Waals surface area contributed by atoms with Crippen LogP contribution >= 0.6 is 0 Å². The minimum absolute atomic E-state index is 0.0132. The van der Waals surface area contributed by atoms with Crippen LogP contribution in [0.4, 0.5) is 9.59 Å². The molecule has 0 aromatic heterocycles. The van der Waals surface area contributed by atoms with E-state index in [9.17, 15) is 27.9 Å². The van der Waals surface area contributed by atoms with E-state index in [-0.39, 0.29) is 30.4 Å². The number of ether oxygens (including phenoxy) is 3. The third-order valence-electron chi connectivity index (χ3n) is 9.03. The van der Waals surface area contributed by atoms with Crippen molar-refractivity contribution in [3.8, 4) is 16.9 Å². The summed E-state index contributed by atoms with van der Waals surface area (Å²) in [7, 11) is -4.35. The lowest BCUT2D eigenvalue weighted by Crippen LogP contribution is -2.46. The van der Waals surface area contributed by atoms with Crippen LogP contribution in [0.2, 0.25) is 0 Å². The smallest absolute Gasteiger partial charge is 0.414 e. The number of amides is 2. The summed E-state index contributed by atoms with van der Waals surface area (Å²) in [6.07, 6.45) is -1.67. The third kappa shape index (κ3) is 8.33. The van der Waals surface area contributed by atoms with Gasteiger partial charge in [0.25, 0.3) is 10.0 Å². The summed E-state index contributed by atoms with van der Waals surface area (Å²) in [5.41, 5.74) is 5.11. The van der Waals surface area contributed by atoms with Gasteiger partial charge in [-0.3, -0.25) is 10.3 Å². The Morgan fingerprint density at radius 1 is 0.962 bits per heavy atom. The van der Waals surface area contributed by atoms with Gasteiger partial charge in [-0.25, -0.2) is 27.5 Å². The zero-order valence-corrected chi connectivity index (χ0v) is 31.5. The molecular formula is C38H46N4O9S. The highest BCUT2D eigenvalue weighted by Crippen LogP contribution is 2.45. The Balaban J connectivity index is 1.31. The highest BCUT2D eigenvalue weighted by Gasteiger charge is 2.37. The average molecular weight is 735 g/mol. The first-order valence-electron chi connectivity index (χ1n) is 17.0. The normalized spacial score (nSPS) is 15.4. The largest absolute Gasteiger partial charge is 0.487 e. The molecule has 4 N–H and O–H groups in total. The number of carbonyl (C=O) groups excluding carboxylic acids is 2. The number of nitrogens with one attached hydrogen (secondary N) is 3. The van der Waals surface area contributed by atoms with E-state index in [0.29, 0.717) is 28.9 Å². The molecule has 0 spiro atoms. The highest BCUT2D eigenvalue weighted by atomic mass is 32.2. The zero-order chi connectivity index (χ0) is 38.2. The Bertz CT molecular complexity index is 2010. The Labute approximate surface area is 304 Å². The van der Waals surface area contributed by atoms with Gasteiger partial charge in [-0.15, -0.1) is 0 Å². The van der Waals surface area contributed by atoms with Crippen molar-refractivity contribution in [2.45, 2.75) is 96.3 Å². The van der Waals surface area contributed by atoms with Gasteiger partial charge in [0, 0.05) is 24.4 Å². The van der Waals surface area contributed by atoms with Gasteiger partial charge in [0.05, 0.1) is 4.90 Å². The monoisotopic (exact) mass is 734 g/mol. The molecule has 1 heterocycles. The second-order valence-corrected chi connectivity index (χ2v) is 16.3. The first-order valence-corrected chi connectivity index (χ1v) is 18.5. The van der Waals surface area contributed by atoms with Gasteiger partial charge >= 0.3 is 18.2 Å². The molecular weight excluding hydrogens is 689 g/mol. The number of rotatable bonds is 9. The number of benzene rings is 3. The fraction of sp³-hybridized carbons (Fsp3) is 0.421. The van der Waals surface area contributed by atoms with Crippen molar-refractivity contribution in [1.29, 1.82) is 0 Å². The molecule has 1 aliphatic carbocycles. The molecule has 52 heavy (non-hydrogen) atoms. The number of fused-ring (bicyclic) bond motifs is 4. The van der Waals surface area contributed by atoms with Crippen LogP contribution in [-0.2, 0) is 30.7 Å².